The molecule has 1 aromatic heterocycles. The van der Waals surface area contributed by atoms with Crippen LogP contribution in [0.1, 0.15) is 42.1 Å². The van der Waals surface area contributed by atoms with E-state index in [2.05, 4.69) is 47.1 Å². The van der Waals surface area contributed by atoms with Gasteiger partial charge in [-0.05, 0) is 41.7 Å². The van der Waals surface area contributed by atoms with Crippen LogP contribution in [0.25, 0.3) is 0 Å². The number of aryl methyl sites for hydroxylation is 2. The molecule has 3 aromatic carbocycles. The van der Waals surface area contributed by atoms with Gasteiger partial charge in [-0.3, -0.25) is 0 Å². The van der Waals surface area contributed by atoms with Crippen LogP contribution in [0.2, 0.25) is 0 Å². The number of aromatic hydroxyl groups is 1. The molecule has 0 spiro atoms. The fourth-order valence-electron chi connectivity index (χ4n) is 4.27. The van der Waals surface area contributed by atoms with Crippen LogP contribution in [-0.4, -0.2) is 21.4 Å². The lowest BCUT2D eigenvalue weighted by Crippen LogP contribution is -2.41. The molecule has 0 radical (unpaired) electrons. The van der Waals surface area contributed by atoms with E-state index in [0.717, 1.165) is 29.7 Å². The van der Waals surface area contributed by atoms with Gasteiger partial charge >= 0.3 is 0 Å². The Kier molecular flexibility index (Phi) is 7.11. The summed E-state index contributed by atoms with van der Waals surface area (Å²) in [6, 6.07) is 27.8. The van der Waals surface area contributed by atoms with E-state index >= 15 is 0 Å². The monoisotopic (exact) mass is 458 g/mol. The molecule has 0 aliphatic heterocycles. The molecule has 0 saturated heterocycles. The lowest BCUT2D eigenvalue weighted by Gasteiger charge is -2.39. The molecule has 0 bridgehead atoms. The molecule has 5 heteroatoms. The number of aliphatic hydroxyl groups excluding tert-OH is 1. The zero-order valence-corrected chi connectivity index (χ0v) is 19.8. The van der Waals surface area contributed by atoms with Crippen molar-refractivity contribution in [3.63, 3.8) is 0 Å². The average molecular weight is 459 g/mol. The first-order valence-corrected chi connectivity index (χ1v) is 12.1. The summed E-state index contributed by atoms with van der Waals surface area (Å²) in [5.74, 6) is 0.0838. The molecular formula is C28H30N2O2S. The van der Waals surface area contributed by atoms with Gasteiger partial charge in [0.25, 0.3) is 0 Å². The standard InChI is InChI=1S/C28H30N2O2S/c1-28(2,25(21-12-7-4-8-13-21)22-14-9-15-24(31)18-22)26(32)30-27-29-23(19-33-27)17-16-20-10-5-3-6-11-20/h3-15,18-19,25-26,31-32H,16-17H2,1-2H3,(H,29,30). The number of hydrogen-bond donors (Lipinski definition) is 3. The van der Waals surface area contributed by atoms with E-state index in [1.54, 1.807) is 12.1 Å². The topological polar surface area (TPSA) is 65.4 Å². The molecular weight excluding hydrogens is 428 g/mol. The lowest BCUT2D eigenvalue weighted by atomic mass is 9.70. The van der Waals surface area contributed by atoms with Gasteiger partial charge in [0.2, 0.25) is 0 Å². The van der Waals surface area contributed by atoms with Crippen molar-refractivity contribution in [2.45, 2.75) is 38.8 Å². The zero-order chi connectivity index (χ0) is 23.3. The largest absolute Gasteiger partial charge is 0.508 e. The van der Waals surface area contributed by atoms with E-state index < -0.39 is 11.6 Å². The number of rotatable bonds is 9. The molecule has 0 amide bonds. The van der Waals surface area contributed by atoms with Crippen molar-refractivity contribution in [3.05, 3.63) is 113 Å². The summed E-state index contributed by atoms with van der Waals surface area (Å²) in [4.78, 5) is 4.71. The summed E-state index contributed by atoms with van der Waals surface area (Å²) in [7, 11) is 0. The van der Waals surface area contributed by atoms with Crippen LogP contribution < -0.4 is 5.32 Å². The van der Waals surface area contributed by atoms with Crippen LogP contribution in [-0.2, 0) is 12.8 Å². The Hall–Kier alpha value is -3.15. The molecule has 4 nitrogen and oxygen atoms in total. The number of nitrogens with zero attached hydrogens (tertiary/aromatic N) is 1. The number of phenolic OH excluding ortho intramolecular Hbond substituents is 1. The molecule has 170 valence electrons. The Morgan fingerprint density at radius 1 is 0.879 bits per heavy atom. The van der Waals surface area contributed by atoms with Crippen molar-refractivity contribution in [1.29, 1.82) is 0 Å². The highest BCUT2D eigenvalue weighted by Crippen LogP contribution is 2.44. The molecule has 1 heterocycles. The average Bonchev–Trinajstić information content (AvgIpc) is 3.26. The fourth-order valence-corrected chi connectivity index (χ4v) is 5.04. The van der Waals surface area contributed by atoms with Crippen LogP contribution in [0.3, 0.4) is 0 Å². The van der Waals surface area contributed by atoms with Gasteiger partial charge in [-0.15, -0.1) is 11.3 Å². The predicted octanol–water partition coefficient (Wildman–Crippen LogP) is 6.22. The fraction of sp³-hybridized carbons (Fsp3) is 0.250. The van der Waals surface area contributed by atoms with Crippen LogP contribution in [0.15, 0.2) is 90.3 Å². The lowest BCUT2D eigenvalue weighted by molar-refractivity contribution is 0.0612. The van der Waals surface area contributed by atoms with Crippen molar-refractivity contribution in [2.24, 2.45) is 5.41 Å². The minimum absolute atomic E-state index is 0.134. The summed E-state index contributed by atoms with van der Waals surface area (Å²) in [6.45, 7) is 4.08. The van der Waals surface area contributed by atoms with E-state index in [4.69, 9.17) is 4.98 Å². The number of phenols is 1. The first-order chi connectivity index (χ1) is 15.9. The minimum atomic E-state index is -0.849. The van der Waals surface area contributed by atoms with Gasteiger partial charge < -0.3 is 15.5 Å². The summed E-state index contributed by atoms with van der Waals surface area (Å²) in [5, 5.41) is 27.4. The van der Waals surface area contributed by atoms with Crippen LogP contribution in [0.5, 0.6) is 5.75 Å². The highest BCUT2D eigenvalue weighted by Gasteiger charge is 2.39. The van der Waals surface area contributed by atoms with Gasteiger partial charge in [-0.2, -0.15) is 0 Å². The second-order valence-corrected chi connectivity index (χ2v) is 9.79. The van der Waals surface area contributed by atoms with Gasteiger partial charge in [0, 0.05) is 16.7 Å². The molecule has 3 N–H and O–H groups in total. The molecule has 4 rings (SSSR count). The summed E-state index contributed by atoms with van der Waals surface area (Å²) >= 11 is 1.51. The number of thiazole rings is 1. The highest BCUT2D eigenvalue weighted by atomic mass is 32.1. The van der Waals surface area contributed by atoms with Crippen LogP contribution >= 0.6 is 11.3 Å². The normalized spacial score (nSPS) is 13.4. The van der Waals surface area contributed by atoms with Gasteiger partial charge in [0.15, 0.2) is 5.13 Å². The minimum Gasteiger partial charge on any atom is -0.508 e. The van der Waals surface area contributed by atoms with E-state index in [1.165, 1.54) is 16.9 Å². The SMILES string of the molecule is CC(C)(C(O)Nc1nc(CCc2ccccc2)cs1)C(c1ccccc1)c1cccc(O)c1. The molecule has 0 aliphatic carbocycles. The van der Waals surface area contributed by atoms with E-state index in [-0.39, 0.29) is 11.7 Å². The van der Waals surface area contributed by atoms with E-state index in [0.29, 0.717) is 5.13 Å². The van der Waals surface area contributed by atoms with Crippen molar-refractivity contribution in [1.82, 2.24) is 4.98 Å². The summed E-state index contributed by atoms with van der Waals surface area (Å²) in [5.41, 5.74) is 3.75. The zero-order valence-electron chi connectivity index (χ0n) is 19.0. The number of anilines is 1. The smallest absolute Gasteiger partial charge is 0.184 e. The Morgan fingerprint density at radius 3 is 2.24 bits per heavy atom. The summed E-state index contributed by atoms with van der Waals surface area (Å²) in [6.07, 6.45) is 0.946. The third-order valence-electron chi connectivity index (χ3n) is 6.11. The van der Waals surface area contributed by atoms with Crippen molar-refractivity contribution >= 4 is 16.5 Å². The molecule has 0 fully saturated rings. The number of benzene rings is 3. The molecule has 4 aromatic rings. The summed E-state index contributed by atoms with van der Waals surface area (Å²) < 4.78 is 0. The first-order valence-electron chi connectivity index (χ1n) is 11.2. The van der Waals surface area contributed by atoms with Crippen LogP contribution in [0, 0.1) is 5.41 Å². The quantitative estimate of drug-likeness (QED) is 0.260. The van der Waals surface area contributed by atoms with Crippen molar-refractivity contribution in [2.75, 3.05) is 5.32 Å². The number of hydrogen-bond acceptors (Lipinski definition) is 5. The molecule has 0 aliphatic rings. The third-order valence-corrected chi connectivity index (χ3v) is 6.93. The maximum absolute atomic E-state index is 11.3. The van der Waals surface area contributed by atoms with Gasteiger partial charge in [0.05, 0.1) is 5.69 Å². The number of aliphatic hydroxyl groups is 1. The number of aromatic nitrogens is 1. The van der Waals surface area contributed by atoms with Gasteiger partial charge in [0.1, 0.15) is 12.0 Å². The van der Waals surface area contributed by atoms with Crippen molar-refractivity contribution < 1.29 is 10.2 Å². The highest BCUT2D eigenvalue weighted by molar-refractivity contribution is 7.13. The Balaban J connectivity index is 1.52. The first kappa shape index (κ1) is 23.0. The molecule has 2 unspecified atom stereocenters. The second-order valence-electron chi connectivity index (χ2n) is 8.94. The van der Waals surface area contributed by atoms with E-state index in [9.17, 15) is 10.2 Å². The van der Waals surface area contributed by atoms with Crippen LogP contribution in [0.4, 0.5) is 5.13 Å². The number of nitrogens with one attached hydrogen (secondary N) is 1. The second kappa shape index (κ2) is 10.2. The Bertz CT molecular complexity index is 1160. The Morgan fingerprint density at radius 2 is 1.55 bits per heavy atom. The van der Waals surface area contributed by atoms with Gasteiger partial charge in [-0.25, -0.2) is 4.98 Å². The Labute approximate surface area is 199 Å². The maximum atomic E-state index is 11.3. The molecule has 2 atom stereocenters. The van der Waals surface area contributed by atoms with E-state index in [1.807, 2.05) is 50.2 Å². The maximum Gasteiger partial charge on any atom is 0.184 e. The van der Waals surface area contributed by atoms with Gasteiger partial charge in [-0.1, -0.05) is 86.6 Å². The molecule has 0 saturated carbocycles. The molecule has 33 heavy (non-hydrogen) atoms. The van der Waals surface area contributed by atoms with Crippen molar-refractivity contribution in [3.8, 4) is 5.75 Å². The third kappa shape index (κ3) is 5.62. The predicted molar refractivity (Wildman–Crippen MR) is 136 cm³/mol.